The average molecular weight is 224 g/mol. The number of hydrogen-bond acceptors (Lipinski definition) is 1. The Balaban J connectivity index is 0. The zero-order valence-corrected chi connectivity index (χ0v) is 8.76. The highest BCUT2D eigenvalue weighted by molar-refractivity contribution is 7.51. The van der Waals surface area contributed by atoms with Crippen LogP contribution >= 0.6 is 7.60 Å². The van der Waals surface area contributed by atoms with Crippen molar-refractivity contribution in [1.29, 1.82) is 0 Å². The molecule has 0 spiro atoms. The van der Waals surface area contributed by atoms with Crippen molar-refractivity contribution >= 4 is 25.0 Å². The molecule has 0 heterocycles. The highest BCUT2D eigenvalue weighted by Gasteiger charge is 2.17. The lowest BCUT2D eigenvalue weighted by Gasteiger charge is -2.11. The fourth-order valence-electron chi connectivity index (χ4n) is 1.24. The topological polar surface area (TPSA) is 57.5 Å². The van der Waals surface area contributed by atoms with Gasteiger partial charge in [0.1, 0.15) is 0 Å². The molecule has 0 amide bonds. The van der Waals surface area contributed by atoms with Crippen molar-refractivity contribution in [2.24, 2.45) is 5.92 Å². The lowest BCUT2D eigenvalue weighted by molar-refractivity contribution is 0.360. The Labute approximate surface area is 91.2 Å². The van der Waals surface area contributed by atoms with E-state index in [1.165, 1.54) is 0 Å². The summed E-state index contributed by atoms with van der Waals surface area (Å²) in [7, 11) is -3.77. The van der Waals surface area contributed by atoms with Crippen molar-refractivity contribution in [3.63, 3.8) is 0 Å². The van der Waals surface area contributed by atoms with Crippen LogP contribution in [0.25, 0.3) is 0 Å². The third-order valence-corrected chi connectivity index (χ3v) is 2.95. The summed E-state index contributed by atoms with van der Waals surface area (Å²) in [6.07, 6.45) is 4.36. The van der Waals surface area contributed by atoms with Crippen molar-refractivity contribution < 1.29 is 14.4 Å². The van der Waals surface area contributed by atoms with Gasteiger partial charge in [0.05, 0.1) is 6.16 Å². The minimum Gasteiger partial charge on any atom is -0.324 e. The summed E-state index contributed by atoms with van der Waals surface area (Å²) in [5.41, 5.74) is 0. The van der Waals surface area contributed by atoms with Crippen molar-refractivity contribution in [3.8, 4) is 0 Å². The van der Waals surface area contributed by atoms with Gasteiger partial charge in [-0.2, -0.15) is 0 Å². The van der Waals surface area contributed by atoms with Gasteiger partial charge in [-0.15, -0.1) is 0 Å². The van der Waals surface area contributed by atoms with E-state index >= 15 is 0 Å². The van der Waals surface area contributed by atoms with E-state index in [2.05, 4.69) is 6.92 Å². The minimum absolute atomic E-state index is 0. The summed E-state index contributed by atoms with van der Waals surface area (Å²) in [5, 5.41) is 0. The number of unbranched alkanes of at least 4 members (excludes halogenated alkanes) is 2. The Morgan fingerprint density at radius 1 is 1.31 bits per heavy atom. The fraction of sp³-hybridized carbons (Fsp3) is 1.00. The molecule has 0 aliphatic rings. The zero-order valence-electron chi connectivity index (χ0n) is 7.86. The molecule has 0 saturated carbocycles. The van der Waals surface area contributed by atoms with Gasteiger partial charge >= 0.3 is 7.60 Å². The van der Waals surface area contributed by atoms with Crippen molar-refractivity contribution in [1.82, 2.24) is 0 Å². The second-order valence-corrected chi connectivity index (χ2v) is 5.14. The van der Waals surface area contributed by atoms with E-state index in [0.29, 0.717) is 0 Å². The molecule has 0 aromatic heterocycles. The summed E-state index contributed by atoms with van der Waals surface area (Å²) < 4.78 is 10.6. The summed E-state index contributed by atoms with van der Waals surface area (Å²) in [4.78, 5) is 17.3. The van der Waals surface area contributed by atoms with Gasteiger partial charge in [-0.25, -0.2) is 0 Å². The van der Waals surface area contributed by atoms with Gasteiger partial charge in [0.15, 0.2) is 17.4 Å². The third kappa shape index (κ3) is 12.7. The molecule has 0 aromatic rings. The van der Waals surface area contributed by atoms with Crippen LogP contribution in [0.5, 0.6) is 0 Å². The molecule has 1 atom stereocenters. The van der Waals surface area contributed by atoms with Crippen molar-refractivity contribution in [2.45, 2.75) is 39.5 Å². The van der Waals surface area contributed by atoms with Crippen LogP contribution in [0.2, 0.25) is 0 Å². The molecule has 2 N–H and O–H groups in total. The molecule has 0 aliphatic heterocycles. The summed E-state index contributed by atoms with van der Waals surface area (Å²) in [5.74, 6) is 0.150. The van der Waals surface area contributed by atoms with Gasteiger partial charge in [0.25, 0.3) is 0 Å². The predicted molar refractivity (Wildman–Crippen MR) is 60.2 cm³/mol. The van der Waals surface area contributed by atoms with Gasteiger partial charge < -0.3 is 9.79 Å². The SMILES string of the molecule is CCCCCC(C)CP(=O)(O)O.[AlH3]. The minimum atomic E-state index is -3.77. The molecule has 0 radical (unpaired) electrons. The Hall–Kier alpha value is 0.682. The maximum Gasteiger partial charge on any atom is 0.325 e. The maximum absolute atomic E-state index is 10.6. The molecule has 0 rings (SSSR count). The first-order valence-electron chi connectivity index (χ1n) is 4.50. The lowest BCUT2D eigenvalue weighted by atomic mass is 10.1. The Bertz CT molecular complexity index is 157. The highest BCUT2D eigenvalue weighted by atomic mass is 31.2. The molecule has 80 valence electrons. The van der Waals surface area contributed by atoms with Gasteiger partial charge in [-0.05, 0) is 5.92 Å². The van der Waals surface area contributed by atoms with Crippen LogP contribution in [0.1, 0.15) is 39.5 Å². The second-order valence-electron chi connectivity index (χ2n) is 3.45. The Morgan fingerprint density at radius 2 is 1.85 bits per heavy atom. The van der Waals surface area contributed by atoms with Gasteiger partial charge in [-0.1, -0.05) is 39.5 Å². The van der Waals surface area contributed by atoms with E-state index in [-0.39, 0.29) is 29.4 Å². The van der Waals surface area contributed by atoms with Crippen LogP contribution in [-0.4, -0.2) is 33.3 Å². The summed E-state index contributed by atoms with van der Waals surface area (Å²) in [6.45, 7) is 4.02. The molecular weight excluding hydrogens is 202 g/mol. The van der Waals surface area contributed by atoms with E-state index in [4.69, 9.17) is 9.79 Å². The summed E-state index contributed by atoms with van der Waals surface area (Å²) >= 11 is 0. The molecule has 0 saturated heterocycles. The smallest absolute Gasteiger partial charge is 0.324 e. The van der Waals surface area contributed by atoms with E-state index in [1.807, 2.05) is 6.92 Å². The first kappa shape index (κ1) is 16.1. The van der Waals surface area contributed by atoms with Gasteiger partial charge in [0, 0.05) is 0 Å². The second kappa shape index (κ2) is 8.03. The quantitative estimate of drug-likeness (QED) is 0.405. The van der Waals surface area contributed by atoms with Crippen molar-refractivity contribution in [2.75, 3.05) is 6.16 Å². The first-order chi connectivity index (χ1) is 5.45. The first-order valence-corrected chi connectivity index (χ1v) is 6.30. The number of rotatable bonds is 6. The average Bonchev–Trinajstić information content (AvgIpc) is 1.84. The van der Waals surface area contributed by atoms with Crippen LogP contribution in [0, 0.1) is 5.92 Å². The van der Waals surface area contributed by atoms with Gasteiger partial charge in [0.2, 0.25) is 0 Å². The van der Waals surface area contributed by atoms with Crippen molar-refractivity contribution in [3.05, 3.63) is 0 Å². The molecule has 3 nitrogen and oxygen atoms in total. The van der Waals surface area contributed by atoms with E-state index in [0.717, 1.165) is 25.7 Å². The normalized spacial score (nSPS) is 13.5. The molecule has 0 aromatic carbocycles. The third-order valence-electron chi connectivity index (χ3n) is 1.85. The van der Waals surface area contributed by atoms with Gasteiger partial charge in [-0.3, -0.25) is 4.57 Å². The van der Waals surface area contributed by atoms with E-state index in [1.54, 1.807) is 0 Å². The Morgan fingerprint density at radius 3 is 2.23 bits per heavy atom. The zero-order chi connectivity index (χ0) is 9.61. The molecule has 0 fully saturated rings. The molecule has 5 heteroatoms. The predicted octanol–water partition coefficient (Wildman–Crippen LogP) is 1.20. The molecule has 0 bridgehead atoms. The lowest BCUT2D eigenvalue weighted by Crippen LogP contribution is -2.01. The van der Waals surface area contributed by atoms with E-state index in [9.17, 15) is 4.57 Å². The maximum atomic E-state index is 10.6. The molecule has 0 aliphatic carbocycles. The van der Waals surface area contributed by atoms with Crippen LogP contribution < -0.4 is 0 Å². The molecule has 1 unspecified atom stereocenters. The standard InChI is InChI=1S/C8H19O3P.Al.3H/c1-3-4-5-6-8(2)7-12(9,10)11;;;;/h8H,3-7H2,1-2H3,(H2,9,10,11);;;;. The summed E-state index contributed by atoms with van der Waals surface area (Å²) in [6, 6.07) is 0. The van der Waals surface area contributed by atoms with Crippen LogP contribution in [0.4, 0.5) is 0 Å². The number of hydrogen-bond donors (Lipinski definition) is 2. The van der Waals surface area contributed by atoms with Crippen LogP contribution in [0.15, 0.2) is 0 Å². The molecule has 13 heavy (non-hydrogen) atoms. The Kier molecular flexibility index (Phi) is 9.96. The molecular formula is C8H22AlO3P. The van der Waals surface area contributed by atoms with Crippen LogP contribution in [-0.2, 0) is 4.57 Å². The monoisotopic (exact) mass is 224 g/mol. The van der Waals surface area contributed by atoms with E-state index < -0.39 is 7.60 Å². The fourth-order valence-corrected chi connectivity index (χ4v) is 2.23. The largest absolute Gasteiger partial charge is 0.325 e. The highest BCUT2D eigenvalue weighted by Crippen LogP contribution is 2.37. The van der Waals surface area contributed by atoms with Crippen LogP contribution in [0.3, 0.4) is 0 Å².